The normalized spacial score (nSPS) is 10.9. The van der Waals surface area contributed by atoms with E-state index in [2.05, 4.69) is 0 Å². The van der Waals surface area contributed by atoms with Crippen LogP contribution in [0.25, 0.3) is 11.3 Å². The second kappa shape index (κ2) is 8.99. The first-order valence-corrected chi connectivity index (χ1v) is 10.0. The van der Waals surface area contributed by atoms with Crippen LogP contribution in [0.2, 0.25) is 0 Å². The van der Waals surface area contributed by atoms with Crippen molar-refractivity contribution in [3.63, 3.8) is 0 Å². The number of hydrogen-bond acceptors (Lipinski definition) is 4. The molecule has 0 unspecified atom stereocenters. The van der Waals surface area contributed by atoms with Gasteiger partial charge in [-0.2, -0.15) is 0 Å². The highest BCUT2D eigenvalue weighted by Gasteiger charge is 2.23. The van der Waals surface area contributed by atoms with E-state index < -0.39 is 0 Å². The van der Waals surface area contributed by atoms with Crippen molar-refractivity contribution in [1.29, 1.82) is 0 Å². The van der Waals surface area contributed by atoms with Gasteiger partial charge in [-0.3, -0.25) is 9.69 Å². The number of aryl methyl sites for hydroxylation is 1. The number of nitrogens with one attached hydrogen (secondary N) is 1. The van der Waals surface area contributed by atoms with E-state index in [-0.39, 0.29) is 5.91 Å². The predicted molar refractivity (Wildman–Crippen MR) is 114 cm³/mol. The minimum atomic E-state index is 0.0684. The Hall–Kier alpha value is -2.70. The predicted octanol–water partition coefficient (Wildman–Crippen LogP) is 2.80. The smallest absolute Gasteiger partial charge is 0.284 e. The number of rotatable bonds is 7. The maximum Gasteiger partial charge on any atom is 0.284 e. The zero-order chi connectivity index (χ0) is 20.1. The number of nitrogens with zero attached hydrogens (tertiary/aromatic N) is 2. The molecule has 1 heterocycles. The first-order chi connectivity index (χ1) is 13.5. The van der Waals surface area contributed by atoms with Crippen molar-refractivity contribution in [1.82, 2.24) is 4.98 Å². The number of anilines is 1. The summed E-state index contributed by atoms with van der Waals surface area (Å²) in [6.07, 6.45) is 0. The molecule has 0 atom stereocenters. The summed E-state index contributed by atoms with van der Waals surface area (Å²) in [5.74, 6) is 0.880. The van der Waals surface area contributed by atoms with Gasteiger partial charge in [-0.1, -0.05) is 30.3 Å². The van der Waals surface area contributed by atoms with E-state index in [1.165, 1.54) is 0 Å². The lowest BCUT2D eigenvalue weighted by Gasteiger charge is -2.20. The van der Waals surface area contributed by atoms with Crippen LogP contribution in [-0.2, 0) is 11.3 Å². The molecule has 0 bridgehead atoms. The first kappa shape index (κ1) is 20.0. The number of ether oxygens (including phenoxy) is 1. The van der Waals surface area contributed by atoms with Crippen molar-refractivity contribution in [2.45, 2.75) is 13.5 Å². The number of methoxy groups -OCH3 is 1. The third kappa shape index (κ3) is 4.77. The van der Waals surface area contributed by atoms with Gasteiger partial charge in [0.25, 0.3) is 5.91 Å². The summed E-state index contributed by atoms with van der Waals surface area (Å²) in [5, 5.41) is 0.735. The third-order valence-corrected chi connectivity index (χ3v) is 5.36. The van der Waals surface area contributed by atoms with Gasteiger partial charge in [-0.25, -0.2) is 4.98 Å². The SMILES string of the molecule is COc1ccc(-c2nc(N(Cc3ccccc3)C(=O)C[NH+](C)C)sc2C)cc1. The van der Waals surface area contributed by atoms with Crippen LogP contribution in [0, 0.1) is 6.92 Å². The lowest BCUT2D eigenvalue weighted by atomic mass is 10.1. The highest BCUT2D eigenvalue weighted by Crippen LogP contribution is 2.33. The molecule has 1 amide bonds. The Labute approximate surface area is 170 Å². The van der Waals surface area contributed by atoms with Gasteiger partial charge in [0.2, 0.25) is 0 Å². The standard InChI is InChI=1S/C22H25N3O2S/c1-16-21(18-10-12-19(27-4)13-11-18)23-22(28-16)25(20(26)15-24(2)3)14-17-8-6-5-7-9-17/h5-13H,14-15H2,1-4H3/p+1. The molecule has 1 N–H and O–H groups in total. The number of aromatic nitrogens is 1. The van der Waals surface area contributed by atoms with Crippen LogP contribution in [0.4, 0.5) is 5.13 Å². The molecule has 3 aromatic rings. The minimum absolute atomic E-state index is 0.0684. The number of thiazole rings is 1. The molecule has 0 spiro atoms. The number of likely N-dealkylation sites (N-methyl/N-ethyl adjacent to an activating group) is 1. The number of amides is 1. The third-order valence-electron chi connectivity index (χ3n) is 4.37. The molecule has 0 aliphatic heterocycles. The van der Waals surface area contributed by atoms with Crippen LogP contribution in [0.5, 0.6) is 5.75 Å². The molecule has 0 saturated carbocycles. The minimum Gasteiger partial charge on any atom is -0.497 e. The summed E-state index contributed by atoms with van der Waals surface area (Å²) >= 11 is 1.56. The van der Waals surface area contributed by atoms with E-state index >= 15 is 0 Å². The number of quaternary nitrogens is 1. The molecule has 6 heteroatoms. The fourth-order valence-corrected chi connectivity index (χ4v) is 3.89. The van der Waals surface area contributed by atoms with Gasteiger partial charge in [0.05, 0.1) is 33.4 Å². The van der Waals surface area contributed by atoms with E-state index in [0.717, 1.165) is 37.5 Å². The Morgan fingerprint density at radius 2 is 1.79 bits per heavy atom. The van der Waals surface area contributed by atoms with Gasteiger partial charge in [-0.05, 0) is 36.8 Å². The fraction of sp³-hybridized carbons (Fsp3) is 0.273. The molecule has 0 aliphatic carbocycles. The van der Waals surface area contributed by atoms with Crippen molar-refractivity contribution >= 4 is 22.4 Å². The summed E-state index contributed by atoms with van der Waals surface area (Å²) in [6, 6.07) is 17.9. The molecule has 0 aliphatic rings. The first-order valence-electron chi connectivity index (χ1n) is 9.23. The van der Waals surface area contributed by atoms with Gasteiger partial charge in [0.15, 0.2) is 11.7 Å². The van der Waals surface area contributed by atoms with Gasteiger partial charge in [0.1, 0.15) is 5.75 Å². The van der Waals surface area contributed by atoms with E-state index in [1.807, 2.05) is 75.6 Å². The Kier molecular flexibility index (Phi) is 6.44. The van der Waals surface area contributed by atoms with Crippen molar-refractivity contribution < 1.29 is 14.4 Å². The van der Waals surface area contributed by atoms with Crippen LogP contribution in [0.15, 0.2) is 54.6 Å². The highest BCUT2D eigenvalue weighted by atomic mass is 32.1. The molecule has 146 valence electrons. The van der Waals surface area contributed by atoms with Crippen molar-refractivity contribution in [3.05, 3.63) is 65.0 Å². The molecule has 5 nitrogen and oxygen atoms in total. The Morgan fingerprint density at radius 1 is 1.11 bits per heavy atom. The Morgan fingerprint density at radius 3 is 2.39 bits per heavy atom. The van der Waals surface area contributed by atoms with Crippen LogP contribution in [0.1, 0.15) is 10.4 Å². The number of hydrogen-bond donors (Lipinski definition) is 1. The van der Waals surface area contributed by atoms with Crippen LogP contribution >= 0.6 is 11.3 Å². The summed E-state index contributed by atoms with van der Waals surface area (Å²) in [6.45, 7) is 2.98. The van der Waals surface area contributed by atoms with Crippen LogP contribution < -0.4 is 14.5 Å². The van der Waals surface area contributed by atoms with Crippen molar-refractivity contribution in [2.24, 2.45) is 0 Å². The number of carbonyl (C=O) groups excluding carboxylic acids is 1. The molecule has 0 fully saturated rings. The average Bonchev–Trinajstić information content (AvgIpc) is 3.07. The maximum absolute atomic E-state index is 13.0. The largest absolute Gasteiger partial charge is 0.497 e. The van der Waals surface area contributed by atoms with Crippen molar-refractivity contribution in [3.8, 4) is 17.0 Å². The molecular formula is C22H26N3O2S+. The summed E-state index contributed by atoms with van der Waals surface area (Å²) in [4.78, 5) is 21.8. The lowest BCUT2D eigenvalue weighted by Crippen LogP contribution is -3.07. The molecule has 0 radical (unpaired) electrons. The molecule has 1 aromatic heterocycles. The fourth-order valence-electron chi connectivity index (χ4n) is 2.94. The molecule has 3 rings (SSSR count). The van der Waals surface area contributed by atoms with Crippen molar-refractivity contribution in [2.75, 3.05) is 32.6 Å². The number of benzene rings is 2. The second-order valence-electron chi connectivity index (χ2n) is 6.98. The summed E-state index contributed by atoms with van der Waals surface area (Å²) in [5.41, 5.74) is 3.01. The van der Waals surface area contributed by atoms with E-state index in [9.17, 15) is 4.79 Å². The molecule has 28 heavy (non-hydrogen) atoms. The van der Waals surface area contributed by atoms with Crippen LogP contribution in [0.3, 0.4) is 0 Å². The monoisotopic (exact) mass is 396 g/mol. The van der Waals surface area contributed by atoms with E-state index in [4.69, 9.17) is 9.72 Å². The van der Waals surface area contributed by atoms with Gasteiger partial charge in [0, 0.05) is 10.4 Å². The lowest BCUT2D eigenvalue weighted by molar-refractivity contribution is -0.849. The number of carbonyl (C=O) groups is 1. The van der Waals surface area contributed by atoms with E-state index in [0.29, 0.717) is 13.1 Å². The summed E-state index contributed by atoms with van der Waals surface area (Å²) < 4.78 is 5.24. The average molecular weight is 397 g/mol. The highest BCUT2D eigenvalue weighted by molar-refractivity contribution is 7.16. The molecular weight excluding hydrogens is 370 g/mol. The van der Waals surface area contributed by atoms with Crippen LogP contribution in [-0.4, -0.2) is 38.6 Å². The van der Waals surface area contributed by atoms with Gasteiger partial charge >= 0.3 is 0 Å². The molecule has 2 aromatic carbocycles. The Bertz CT molecular complexity index is 921. The zero-order valence-corrected chi connectivity index (χ0v) is 17.5. The topological polar surface area (TPSA) is 46.9 Å². The summed E-state index contributed by atoms with van der Waals surface area (Å²) in [7, 11) is 5.62. The second-order valence-corrected chi connectivity index (χ2v) is 8.16. The van der Waals surface area contributed by atoms with E-state index in [1.54, 1.807) is 23.3 Å². The van der Waals surface area contributed by atoms with Gasteiger partial charge < -0.3 is 9.64 Å². The Balaban J connectivity index is 1.94. The zero-order valence-electron chi connectivity index (χ0n) is 16.7. The molecule has 0 saturated heterocycles. The van der Waals surface area contributed by atoms with Gasteiger partial charge in [-0.15, -0.1) is 11.3 Å². The quantitative estimate of drug-likeness (QED) is 0.668. The maximum atomic E-state index is 13.0.